The summed E-state index contributed by atoms with van der Waals surface area (Å²) >= 11 is 0. The highest BCUT2D eigenvalue weighted by atomic mass is 16.2. The van der Waals surface area contributed by atoms with Crippen LogP contribution in [0.4, 0.5) is 5.69 Å². The number of hydrogen-bond donors (Lipinski definition) is 2. The van der Waals surface area contributed by atoms with Crippen molar-refractivity contribution >= 4 is 17.6 Å². The molecule has 1 aromatic carbocycles. The molecule has 5 nitrogen and oxygen atoms in total. The lowest BCUT2D eigenvalue weighted by molar-refractivity contribution is -0.117. The highest BCUT2D eigenvalue weighted by Crippen LogP contribution is 2.26. The van der Waals surface area contributed by atoms with Gasteiger partial charge in [0.25, 0.3) is 0 Å². The summed E-state index contributed by atoms with van der Waals surface area (Å²) in [6.07, 6.45) is 3.14. The maximum atomic E-state index is 12.4. The van der Waals surface area contributed by atoms with E-state index in [0.29, 0.717) is 6.54 Å². The van der Waals surface area contributed by atoms with Crippen LogP contribution < -0.4 is 15.5 Å². The molecule has 2 aliphatic heterocycles. The zero-order valence-electron chi connectivity index (χ0n) is 11.6. The maximum absolute atomic E-state index is 12.4. The van der Waals surface area contributed by atoms with E-state index in [1.165, 1.54) is 5.56 Å². The van der Waals surface area contributed by atoms with Crippen molar-refractivity contribution in [3.63, 3.8) is 0 Å². The number of carbonyl (C=O) groups is 1. The number of nitrogens with one attached hydrogen (secondary N) is 2. The second-order valence-corrected chi connectivity index (χ2v) is 5.14. The van der Waals surface area contributed by atoms with Crippen LogP contribution in [0.3, 0.4) is 0 Å². The first-order valence-electron chi connectivity index (χ1n) is 7.25. The number of nitrogens with zero attached hydrogens (tertiary/aromatic N) is 2. The van der Waals surface area contributed by atoms with Crippen LogP contribution in [0.25, 0.3) is 0 Å². The molecule has 2 N–H and O–H groups in total. The first-order chi connectivity index (χ1) is 9.84. The number of fused-ring (bicyclic) bond motifs is 1. The molecule has 2 heterocycles. The highest BCUT2D eigenvalue weighted by molar-refractivity contribution is 5.98. The molecule has 0 aromatic heterocycles. The van der Waals surface area contributed by atoms with Crippen LogP contribution in [0.15, 0.2) is 29.3 Å². The summed E-state index contributed by atoms with van der Waals surface area (Å²) in [7, 11) is 0. The Bertz CT molecular complexity index is 526. The molecule has 0 spiro atoms. The van der Waals surface area contributed by atoms with Gasteiger partial charge in [-0.1, -0.05) is 18.2 Å². The van der Waals surface area contributed by atoms with E-state index in [2.05, 4.69) is 21.7 Å². The number of guanidine groups is 1. The van der Waals surface area contributed by atoms with Gasteiger partial charge >= 0.3 is 0 Å². The molecule has 2 aliphatic rings. The quantitative estimate of drug-likeness (QED) is 0.841. The van der Waals surface area contributed by atoms with Gasteiger partial charge in [0, 0.05) is 25.3 Å². The van der Waals surface area contributed by atoms with Gasteiger partial charge < -0.3 is 15.5 Å². The van der Waals surface area contributed by atoms with Crippen molar-refractivity contribution in [2.45, 2.75) is 19.3 Å². The number of rotatable bonds is 2. The Balaban J connectivity index is 1.64. The van der Waals surface area contributed by atoms with E-state index in [9.17, 15) is 4.79 Å². The Hall–Kier alpha value is -2.04. The van der Waals surface area contributed by atoms with Crippen LogP contribution in [0, 0.1) is 0 Å². The second-order valence-electron chi connectivity index (χ2n) is 5.14. The minimum atomic E-state index is 0.104. The first kappa shape index (κ1) is 13.0. The molecule has 0 fully saturated rings. The number of hydrogen-bond acceptors (Lipinski definition) is 4. The zero-order valence-corrected chi connectivity index (χ0v) is 11.6. The normalized spacial score (nSPS) is 17.8. The fourth-order valence-corrected chi connectivity index (χ4v) is 2.70. The fraction of sp³-hybridized carbons (Fsp3) is 0.467. The lowest BCUT2D eigenvalue weighted by atomic mass is 10.0. The summed E-state index contributed by atoms with van der Waals surface area (Å²) in [5.74, 6) is 0.849. The molecule has 0 aliphatic carbocycles. The van der Waals surface area contributed by atoms with Crippen LogP contribution >= 0.6 is 0 Å². The largest absolute Gasteiger partial charge is 0.356 e. The van der Waals surface area contributed by atoms with Gasteiger partial charge in [-0.15, -0.1) is 0 Å². The van der Waals surface area contributed by atoms with Gasteiger partial charge in [0.05, 0.1) is 6.54 Å². The van der Waals surface area contributed by atoms with Crippen molar-refractivity contribution in [2.24, 2.45) is 4.99 Å². The summed E-state index contributed by atoms with van der Waals surface area (Å²) in [6.45, 7) is 2.85. The zero-order chi connectivity index (χ0) is 13.8. The van der Waals surface area contributed by atoms with Crippen molar-refractivity contribution in [1.82, 2.24) is 10.6 Å². The summed E-state index contributed by atoms with van der Waals surface area (Å²) in [4.78, 5) is 18.6. The van der Waals surface area contributed by atoms with E-state index in [4.69, 9.17) is 0 Å². The van der Waals surface area contributed by atoms with Gasteiger partial charge in [-0.2, -0.15) is 0 Å². The number of benzene rings is 1. The molecular formula is C15H20N4O. The molecular weight excluding hydrogens is 252 g/mol. The average Bonchev–Trinajstić information content (AvgIpc) is 2.53. The fourth-order valence-electron chi connectivity index (χ4n) is 2.70. The Kier molecular flexibility index (Phi) is 3.85. The molecule has 0 radical (unpaired) electrons. The standard InChI is InChI=1S/C15H20N4O/c20-14(11-18-15-16-8-4-9-17-15)19-10-3-6-12-5-1-2-7-13(12)19/h1-2,5,7H,3-4,6,8-11H2,(H2,16,17,18). The summed E-state index contributed by atoms with van der Waals surface area (Å²) in [5, 5.41) is 6.26. The van der Waals surface area contributed by atoms with E-state index in [-0.39, 0.29) is 5.91 Å². The number of carbonyl (C=O) groups excluding carboxylic acids is 1. The molecule has 0 bridgehead atoms. The van der Waals surface area contributed by atoms with Gasteiger partial charge in [-0.05, 0) is 30.9 Å². The lowest BCUT2D eigenvalue weighted by Gasteiger charge is -2.29. The maximum Gasteiger partial charge on any atom is 0.246 e. The van der Waals surface area contributed by atoms with Crippen LogP contribution in [-0.4, -0.2) is 38.0 Å². The predicted octanol–water partition coefficient (Wildman–Crippen LogP) is 0.905. The predicted molar refractivity (Wildman–Crippen MR) is 80.0 cm³/mol. The van der Waals surface area contributed by atoms with Crippen LogP contribution in [0.1, 0.15) is 18.4 Å². The molecule has 1 amide bonds. The topological polar surface area (TPSA) is 56.7 Å². The number of anilines is 1. The summed E-state index contributed by atoms with van der Waals surface area (Å²) in [5.41, 5.74) is 2.32. The Morgan fingerprint density at radius 1 is 1.35 bits per heavy atom. The van der Waals surface area contributed by atoms with Crippen molar-refractivity contribution in [3.8, 4) is 0 Å². The molecule has 0 atom stereocenters. The van der Waals surface area contributed by atoms with Gasteiger partial charge in [0.1, 0.15) is 0 Å². The van der Waals surface area contributed by atoms with Crippen LogP contribution in [0.5, 0.6) is 0 Å². The summed E-state index contributed by atoms with van der Waals surface area (Å²) in [6, 6.07) is 8.16. The highest BCUT2D eigenvalue weighted by Gasteiger charge is 2.22. The van der Waals surface area contributed by atoms with Crippen LogP contribution in [0.2, 0.25) is 0 Å². The third-order valence-corrected chi connectivity index (χ3v) is 3.72. The molecule has 5 heteroatoms. The van der Waals surface area contributed by atoms with E-state index in [0.717, 1.165) is 50.5 Å². The van der Waals surface area contributed by atoms with Gasteiger partial charge in [0.15, 0.2) is 5.96 Å². The van der Waals surface area contributed by atoms with E-state index >= 15 is 0 Å². The average molecular weight is 272 g/mol. The van der Waals surface area contributed by atoms with E-state index < -0.39 is 0 Å². The third kappa shape index (κ3) is 2.76. The molecule has 0 saturated carbocycles. The Labute approximate surface area is 119 Å². The molecule has 20 heavy (non-hydrogen) atoms. The summed E-state index contributed by atoms with van der Waals surface area (Å²) < 4.78 is 0. The molecule has 0 saturated heterocycles. The van der Waals surface area contributed by atoms with Crippen LogP contribution in [-0.2, 0) is 11.2 Å². The third-order valence-electron chi connectivity index (χ3n) is 3.72. The smallest absolute Gasteiger partial charge is 0.246 e. The number of para-hydroxylation sites is 1. The second kappa shape index (κ2) is 5.94. The van der Waals surface area contributed by atoms with Crippen molar-refractivity contribution in [2.75, 3.05) is 31.1 Å². The lowest BCUT2D eigenvalue weighted by Crippen LogP contribution is -2.47. The van der Waals surface area contributed by atoms with Crippen molar-refractivity contribution in [3.05, 3.63) is 29.8 Å². The van der Waals surface area contributed by atoms with Gasteiger partial charge in [-0.3, -0.25) is 9.79 Å². The monoisotopic (exact) mass is 272 g/mol. The number of aryl methyl sites for hydroxylation is 1. The van der Waals surface area contributed by atoms with E-state index in [1.54, 1.807) is 0 Å². The Morgan fingerprint density at radius 3 is 3.10 bits per heavy atom. The molecule has 1 aromatic rings. The number of amides is 1. The first-order valence-corrected chi connectivity index (χ1v) is 7.25. The van der Waals surface area contributed by atoms with Crippen molar-refractivity contribution in [1.29, 1.82) is 0 Å². The SMILES string of the molecule is O=C(CNC1=NCCCN1)N1CCCc2ccccc21. The minimum Gasteiger partial charge on any atom is -0.356 e. The molecule has 3 rings (SSSR count). The Morgan fingerprint density at radius 2 is 2.25 bits per heavy atom. The van der Waals surface area contributed by atoms with Crippen molar-refractivity contribution < 1.29 is 4.79 Å². The molecule has 106 valence electrons. The molecule has 0 unspecified atom stereocenters. The number of aliphatic imine (C=N–C) groups is 1. The van der Waals surface area contributed by atoms with E-state index in [1.807, 2.05) is 23.1 Å². The van der Waals surface area contributed by atoms with Gasteiger partial charge in [0.2, 0.25) is 5.91 Å². The minimum absolute atomic E-state index is 0.104. The van der Waals surface area contributed by atoms with Gasteiger partial charge in [-0.25, -0.2) is 0 Å².